The summed E-state index contributed by atoms with van der Waals surface area (Å²) in [5.74, 6) is 1.83. The van der Waals surface area contributed by atoms with Crippen LogP contribution in [-0.2, 0) is 0 Å². The highest BCUT2D eigenvalue weighted by atomic mass is 79.9. The van der Waals surface area contributed by atoms with Crippen molar-refractivity contribution < 1.29 is 9.47 Å². The van der Waals surface area contributed by atoms with Gasteiger partial charge in [-0.1, -0.05) is 41.4 Å². The lowest BCUT2D eigenvalue weighted by atomic mass is 9.96. The summed E-state index contributed by atoms with van der Waals surface area (Å²) >= 11 is 3.58. The van der Waals surface area contributed by atoms with Gasteiger partial charge in [0.05, 0.1) is 18.9 Å². The van der Waals surface area contributed by atoms with Gasteiger partial charge in [-0.3, -0.25) is 5.01 Å². The fourth-order valence-electron chi connectivity index (χ4n) is 3.55. The lowest BCUT2D eigenvalue weighted by molar-refractivity contribution is -0.0223. The predicted molar refractivity (Wildman–Crippen MR) is 102 cm³/mol. The van der Waals surface area contributed by atoms with Gasteiger partial charge in [0.2, 0.25) is 0 Å². The molecule has 0 radical (unpaired) electrons. The number of nitrogens with zero attached hydrogens (tertiary/aromatic N) is 2. The smallest absolute Gasteiger partial charge is 0.187 e. The Kier molecular flexibility index (Phi) is 4.42. The van der Waals surface area contributed by atoms with Crippen LogP contribution in [0.5, 0.6) is 11.5 Å². The topological polar surface area (TPSA) is 34.1 Å². The zero-order valence-corrected chi connectivity index (χ0v) is 16.0. The van der Waals surface area contributed by atoms with E-state index < -0.39 is 0 Å². The molecule has 25 heavy (non-hydrogen) atoms. The lowest BCUT2D eigenvalue weighted by Crippen LogP contribution is -2.40. The average molecular weight is 401 g/mol. The number of benzene rings is 2. The molecule has 4 rings (SSSR count). The molecule has 0 bridgehead atoms. The molecule has 2 atom stereocenters. The molecular formula is C20H21BrN2O2. The zero-order valence-electron chi connectivity index (χ0n) is 14.4. The van der Waals surface area contributed by atoms with Gasteiger partial charge in [0.15, 0.2) is 6.23 Å². The molecular weight excluding hydrogens is 380 g/mol. The van der Waals surface area contributed by atoms with E-state index >= 15 is 0 Å². The van der Waals surface area contributed by atoms with E-state index in [1.165, 1.54) is 5.56 Å². The summed E-state index contributed by atoms with van der Waals surface area (Å²) in [6.45, 7) is 2.18. The maximum absolute atomic E-state index is 6.24. The number of hydrogen-bond acceptors (Lipinski definition) is 4. The minimum atomic E-state index is -0.00761. The molecule has 0 N–H and O–H groups in total. The highest BCUT2D eigenvalue weighted by molar-refractivity contribution is 9.10. The summed E-state index contributed by atoms with van der Waals surface area (Å²) in [6, 6.07) is 14.6. The first-order valence-corrected chi connectivity index (χ1v) is 9.45. The second-order valence-electron chi connectivity index (χ2n) is 6.42. The Morgan fingerprint density at radius 1 is 1.28 bits per heavy atom. The molecule has 0 saturated carbocycles. The van der Waals surface area contributed by atoms with Crippen molar-refractivity contribution >= 4 is 21.6 Å². The van der Waals surface area contributed by atoms with Gasteiger partial charge in [-0.05, 0) is 30.3 Å². The van der Waals surface area contributed by atoms with E-state index in [1.54, 1.807) is 7.11 Å². The minimum Gasteiger partial charge on any atom is -0.497 e. The van der Waals surface area contributed by atoms with E-state index in [1.807, 2.05) is 18.2 Å². The Hall–Kier alpha value is -2.01. The van der Waals surface area contributed by atoms with E-state index in [4.69, 9.17) is 14.6 Å². The van der Waals surface area contributed by atoms with Gasteiger partial charge in [-0.25, -0.2) is 0 Å². The molecule has 5 heteroatoms. The third-order valence-corrected chi connectivity index (χ3v) is 5.26. The fraction of sp³-hybridized carbons (Fsp3) is 0.350. The maximum Gasteiger partial charge on any atom is 0.187 e. The van der Waals surface area contributed by atoms with Crippen LogP contribution in [0.15, 0.2) is 52.0 Å². The molecule has 130 valence electrons. The molecule has 2 heterocycles. The normalized spacial score (nSPS) is 21.2. The van der Waals surface area contributed by atoms with Gasteiger partial charge in [-0.2, -0.15) is 5.10 Å². The number of ether oxygens (including phenoxy) is 2. The van der Waals surface area contributed by atoms with Crippen molar-refractivity contribution in [1.29, 1.82) is 0 Å². The van der Waals surface area contributed by atoms with Crippen LogP contribution in [0, 0.1) is 0 Å². The van der Waals surface area contributed by atoms with Crippen LogP contribution >= 0.6 is 15.9 Å². The zero-order chi connectivity index (χ0) is 17.4. The highest BCUT2D eigenvalue weighted by Crippen LogP contribution is 2.44. The van der Waals surface area contributed by atoms with Gasteiger partial charge >= 0.3 is 0 Å². The molecule has 0 aromatic heterocycles. The molecule has 0 spiro atoms. The fourth-order valence-corrected chi connectivity index (χ4v) is 3.93. The summed E-state index contributed by atoms with van der Waals surface area (Å²) in [6.07, 6.45) is 2.89. The third-order valence-electron chi connectivity index (χ3n) is 4.77. The Labute approximate surface area is 156 Å². The Morgan fingerprint density at radius 2 is 2.16 bits per heavy atom. The SMILES string of the molecule is CCC[C@@H]1Oc2ccc(Br)cc2[C@H]2CC(c3cccc(OC)c3)=NN12. The number of rotatable bonds is 4. The molecule has 0 fully saturated rings. The summed E-state index contributed by atoms with van der Waals surface area (Å²) in [7, 11) is 1.69. The monoisotopic (exact) mass is 400 g/mol. The predicted octanol–water partition coefficient (Wildman–Crippen LogP) is 5.13. The number of methoxy groups -OCH3 is 1. The standard InChI is InChI=1S/C20H21BrN2O2/c1-3-5-20-23-18(16-11-14(21)8-9-19(16)25-20)12-17(22-23)13-6-4-7-15(10-13)24-2/h4,6-11,18,20H,3,5,12H2,1-2H3/t18-,20+/m1/s1. The molecule has 0 saturated heterocycles. The first kappa shape index (κ1) is 16.5. The Bertz CT molecular complexity index is 821. The van der Waals surface area contributed by atoms with Crippen molar-refractivity contribution in [2.45, 2.75) is 38.5 Å². The summed E-state index contributed by atoms with van der Waals surface area (Å²) < 4.78 is 12.7. The molecule has 0 amide bonds. The lowest BCUT2D eigenvalue weighted by Gasteiger charge is -2.38. The van der Waals surface area contributed by atoms with Crippen LogP contribution in [0.25, 0.3) is 0 Å². The van der Waals surface area contributed by atoms with E-state index in [0.717, 1.165) is 46.5 Å². The summed E-state index contributed by atoms with van der Waals surface area (Å²) in [5.41, 5.74) is 3.39. The summed E-state index contributed by atoms with van der Waals surface area (Å²) in [4.78, 5) is 0. The molecule has 0 unspecified atom stereocenters. The molecule has 0 aliphatic carbocycles. The van der Waals surface area contributed by atoms with Gasteiger partial charge in [0.1, 0.15) is 11.5 Å². The number of hydrazone groups is 1. The van der Waals surface area contributed by atoms with Gasteiger partial charge in [0, 0.05) is 28.4 Å². The van der Waals surface area contributed by atoms with Gasteiger partial charge < -0.3 is 9.47 Å². The average Bonchev–Trinajstić information content (AvgIpc) is 3.08. The summed E-state index contributed by atoms with van der Waals surface area (Å²) in [5, 5.41) is 7.08. The quantitative estimate of drug-likeness (QED) is 0.713. The Balaban J connectivity index is 1.72. The molecule has 2 aromatic carbocycles. The van der Waals surface area contributed by atoms with Crippen molar-refractivity contribution in [2.24, 2.45) is 5.10 Å². The molecule has 2 aromatic rings. The maximum atomic E-state index is 6.24. The van der Waals surface area contributed by atoms with E-state index in [9.17, 15) is 0 Å². The van der Waals surface area contributed by atoms with Crippen molar-refractivity contribution in [3.63, 3.8) is 0 Å². The Morgan fingerprint density at radius 3 is 2.96 bits per heavy atom. The molecule has 4 nitrogen and oxygen atoms in total. The second-order valence-corrected chi connectivity index (χ2v) is 7.34. The van der Waals surface area contributed by atoms with Crippen molar-refractivity contribution in [3.8, 4) is 11.5 Å². The number of hydrogen-bond donors (Lipinski definition) is 0. The molecule has 2 aliphatic rings. The minimum absolute atomic E-state index is 0.00761. The van der Waals surface area contributed by atoms with E-state index in [2.05, 4.69) is 52.1 Å². The highest BCUT2D eigenvalue weighted by Gasteiger charge is 2.39. The van der Waals surface area contributed by atoms with Crippen LogP contribution in [0.2, 0.25) is 0 Å². The first-order valence-electron chi connectivity index (χ1n) is 8.66. The first-order chi connectivity index (χ1) is 12.2. The van der Waals surface area contributed by atoms with Crippen LogP contribution in [-0.4, -0.2) is 24.1 Å². The second kappa shape index (κ2) is 6.71. The third kappa shape index (κ3) is 3.01. The molecule has 2 aliphatic heterocycles. The van der Waals surface area contributed by atoms with Crippen molar-refractivity contribution in [3.05, 3.63) is 58.1 Å². The van der Waals surface area contributed by atoms with Crippen LogP contribution in [0.3, 0.4) is 0 Å². The number of fused-ring (bicyclic) bond motifs is 3. The van der Waals surface area contributed by atoms with Gasteiger partial charge in [-0.15, -0.1) is 0 Å². The van der Waals surface area contributed by atoms with Crippen LogP contribution < -0.4 is 9.47 Å². The van der Waals surface area contributed by atoms with Crippen LogP contribution in [0.1, 0.15) is 43.4 Å². The number of halogens is 1. The van der Waals surface area contributed by atoms with Crippen molar-refractivity contribution in [2.75, 3.05) is 7.11 Å². The van der Waals surface area contributed by atoms with Crippen molar-refractivity contribution in [1.82, 2.24) is 5.01 Å². The largest absolute Gasteiger partial charge is 0.497 e. The van der Waals surface area contributed by atoms with E-state index in [0.29, 0.717) is 0 Å². The van der Waals surface area contributed by atoms with E-state index in [-0.39, 0.29) is 12.3 Å². The van der Waals surface area contributed by atoms with Crippen LogP contribution in [0.4, 0.5) is 0 Å². The van der Waals surface area contributed by atoms with Gasteiger partial charge in [0.25, 0.3) is 0 Å².